The van der Waals surface area contributed by atoms with Gasteiger partial charge in [0.05, 0.1) is 5.56 Å². The number of rotatable bonds is 5. The van der Waals surface area contributed by atoms with Crippen LogP contribution in [0.1, 0.15) is 11.1 Å². The minimum atomic E-state index is -0.146. The van der Waals surface area contributed by atoms with Gasteiger partial charge in [-0.25, -0.2) is 0 Å². The quantitative estimate of drug-likeness (QED) is 0.922. The minimum Gasteiger partial charge on any atom is -0.507 e. The third kappa shape index (κ3) is 4.09. The highest BCUT2D eigenvalue weighted by atomic mass is 35.5. The van der Waals surface area contributed by atoms with Crippen LogP contribution in [-0.4, -0.2) is 35.2 Å². The average Bonchev–Trinajstić information content (AvgIpc) is 2.44. The van der Waals surface area contributed by atoms with Gasteiger partial charge in [0.1, 0.15) is 5.75 Å². The Labute approximate surface area is 129 Å². The van der Waals surface area contributed by atoms with Gasteiger partial charge in [0.15, 0.2) is 0 Å². The van der Waals surface area contributed by atoms with Crippen molar-refractivity contribution in [2.24, 2.45) is 0 Å². The van der Waals surface area contributed by atoms with Crippen LogP contribution in [0.4, 0.5) is 0 Å². The van der Waals surface area contributed by atoms with Gasteiger partial charge < -0.3 is 14.6 Å². The van der Waals surface area contributed by atoms with E-state index in [0.29, 0.717) is 23.6 Å². The van der Waals surface area contributed by atoms with Crippen molar-refractivity contribution in [3.63, 3.8) is 0 Å². The molecule has 1 N–H and O–H groups in total. The molecular formula is C16H19ClN2O2. The van der Waals surface area contributed by atoms with Crippen molar-refractivity contribution in [3.8, 4) is 5.75 Å². The third-order valence-corrected chi connectivity index (χ3v) is 3.57. The summed E-state index contributed by atoms with van der Waals surface area (Å²) in [6, 6.07) is 8.85. The summed E-state index contributed by atoms with van der Waals surface area (Å²) in [6.45, 7) is 1.37. The lowest BCUT2D eigenvalue weighted by Crippen LogP contribution is -2.28. The lowest BCUT2D eigenvalue weighted by molar-refractivity contribution is 0.379. The normalized spacial score (nSPS) is 11.0. The van der Waals surface area contributed by atoms with E-state index in [1.54, 1.807) is 29.0 Å². The Balaban J connectivity index is 2.27. The van der Waals surface area contributed by atoms with Gasteiger partial charge in [-0.05, 0) is 37.9 Å². The number of aromatic hydroxyl groups is 1. The van der Waals surface area contributed by atoms with Crippen molar-refractivity contribution in [1.82, 2.24) is 9.47 Å². The fourth-order valence-electron chi connectivity index (χ4n) is 2.07. The Morgan fingerprint density at radius 1 is 1.19 bits per heavy atom. The van der Waals surface area contributed by atoms with E-state index in [1.165, 1.54) is 0 Å². The summed E-state index contributed by atoms with van der Waals surface area (Å²) in [4.78, 5) is 14.4. The molecule has 5 heteroatoms. The van der Waals surface area contributed by atoms with E-state index in [4.69, 9.17) is 11.6 Å². The van der Waals surface area contributed by atoms with E-state index in [0.717, 1.165) is 12.1 Å². The molecule has 2 aromatic rings. The Hall–Kier alpha value is -1.78. The molecule has 1 heterocycles. The topological polar surface area (TPSA) is 45.5 Å². The molecule has 1 aromatic heterocycles. The van der Waals surface area contributed by atoms with Crippen LogP contribution in [0.5, 0.6) is 5.75 Å². The molecule has 0 aliphatic carbocycles. The van der Waals surface area contributed by atoms with Gasteiger partial charge in [-0.2, -0.15) is 0 Å². The molecule has 4 nitrogen and oxygen atoms in total. The number of nitrogens with zero attached hydrogens (tertiary/aromatic N) is 2. The van der Waals surface area contributed by atoms with Crippen molar-refractivity contribution in [3.05, 3.63) is 63.0 Å². The predicted octanol–water partition coefficient (Wildman–Crippen LogP) is 2.36. The van der Waals surface area contributed by atoms with Gasteiger partial charge in [-0.15, -0.1) is 0 Å². The fourth-order valence-corrected chi connectivity index (χ4v) is 2.19. The summed E-state index contributed by atoms with van der Waals surface area (Å²) in [6.07, 6.45) is 2.02. The van der Waals surface area contributed by atoms with Crippen molar-refractivity contribution < 1.29 is 5.11 Å². The van der Waals surface area contributed by atoms with Crippen LogP contribution < -0.4 is 5.56 Å². The first-order chi connectivity index (χ1) is 9.97. The first-order valence-electron chi connectivity index (χ1n) is 6.78. The van der Waals surface area contributed by atoms with E-state index in [1.807, 2.05) is 31.1 Å². The Kier molecular flexibility index (Phi) is 5.04. The maximum atomic E-state index is 12.4. The number of pyridine rings is 1. The van der Waals surface area contributed by atoms with Gasteiger partial charge >= 0.3 is 0 Å². The minimum absolute atomic E-state index is 0.0380. The highest BCUT2D eigenvalue weighted by Crippen LogP contribution is 2.18. The molecule has 0 aliphatic heterocycles. The molecule has 0 saturated heterocycles. The number of likely N-dealkylation sites (N-methyl/N-ethyl adjacent to an activating group) is 1. The predicted molar refractivity (Wildman–Crippen MR) is 85.2 cm³/mol. The van der Waals surface area contributed by atoms with Crippen LogP contribution in [0.15, 0.2) is 41.3 Å². The number of halogens is 1. The molecule has 0 radical (unpaired) electrons. The van der Waals surface area contributed by atoms with Crippen molar-refractivity contribution >= 4 is 11.6 Å². The maximum Gasteiger partial charge on any atom is 0.257 e. The first kappa shape index (κ1) is 15.6. The summed E-state index contributed by atoms with van der Waals surface area (Å²) >= 11 is 5.85. The fraction of sp³-hybridized carbons (Fsp3) is 0.312. The standard InChI is InChI=1S/C16H19ClN2O2/c1-18(2)9-10-19-8-7-15(20)14(16(19)21)11-12-3-5-13(17)6-4-12/h3-8,20H,9-11H2,1-2H3. The lowest BCUT2D eigenvalue weighted by atomic mass is 10.1. The summed E-state index contributed by atoms with van der Waals surface area (Å²) in [5.41, 5.74) is 1.21. The Bertz CT molecular complexity index is 663. The average molecular weight is 307 g/mol. The Morgan fingerprint density at radius 3 is 2.48 bits per heavy atom. The molecule has 0 spiro atoms. The van der Waals surface area contributed by atoms with Crippen LogP contribution in [-0.2, 0) is 13.0 Å². The van der Waals surface area contributed by atoms with Crippen LogP contribution in [0.2, 0.25) is 5.02 Å². The zero-order chi connectivity index (χ0) is 15.4. The second kappa shape index (κ2) is 6.78. The van der Waals surface area contributed by atoms with E-state index in [-0.39, 0.29) is 11.3 Å². The van der Waals surface area contributed by atoms with Crippen molar-refractivity contribution in [2.75, 3.05) is 20.6 Å². The molecule has 0 aliphatic rings. The molecule has 0 unspecified atom stereocenters. The molecule has 1 aromatic carbocycles. The van der Waals surface area contributed by atoms with Gasteiger partial charge in [-0.3, -0.25) is 4.79 Å². The number of hydrogen-bond donors (Lipinski definition) is 1. The molecule has 0 saturated carbocycles. The van der Waals surface area contributed by atoms with Gasteiger partial charge in [0, 0.05) is 30.7 Å². The zero-order valence-electron chi connectivity index (χ0n) is 12.2. The second-order valence-electron chi connectivity index (χ2n) is 5.28. The molecule has 112 valence electrons. The summed E-state index contributed by atoms with van der Waals surface area (Å²) < 4.78 is 1.63. The monoisotopic (exact) mass is 306 g/mol. The van der Waals surface area contributed by atoms with Crippen LogP contribution in [0.25, 0.3) is 0 Å². The molecule has 0 amide bonds. The SMILES string of the molecule is CN(C)CCn1ccc(O)c(Cc2ccc(Cl)cc2)c1=O. The summed E-state index contributed by atoms with van der Waals surface area (Å²) in [5, 5.41) is 10.6. The molecule has 0 fully saturated rings. The zero-order valence-corrected chi connectivity index (χ0v) is 13.0. The molecule has 2 rings (SSSR count). The van der Waals surface area contributed by atoms with Gasteiger partial charge in [0.2, 0.25) is 0 Å². The third-order valence-electron chi connectivity index (χ3n) is 3.32. The largest absolute Gasteiger partial charge is 0.507 e. The molecular weight excluding hydrogens is 288 g/mol. The Morgan fingerprint density at radius 2 is 1.86 bits per heavy atom. The number of hydrogen-bond acceptors (Lipinski definition) is 3. The van der Waals surface area contributed by atoms with Crippen LogP contribution in [0.3, 0.4) is 0 Å². The highest BCUT2D eigenvalue weighted by Gasteiger charge is 2.10. The highest BCUT2D eigenvalue weighted by molar-refractivity contribution is 6.30. The van der Waals surface area contributed by atoms with E-state index >= 15 is 0 Å². The smallest absolute Gasteiger partial charge is 0.257 e. The van der Waals surface area contributed by atoms with Crippen molar-refractivity contribution in [1.29, 1.82) is 0 Å². The number of benzene rings is 1. The number of aromatic nitrogens is 1. The van der Waals surface area contributed by atoms with Gasteiger partial charge in [-0.1, -0.05) is 23.7 Å². The summed E-state index contributed by atoms with van der Waals surface area (Å²) in [5.74, 6) is 0.0380. The molecule has 0 atom stereocenters. The van der Waals surface area contributed by atoms with Gasteiger partial charge in [0.25, 0.3) is 5.56 Å². The van der Waals surface area contributed by atoms with Crippen LogP contribution >= 0.6 is 11.6 Å². The summed E-state index contributed by atoms with van der Waals surface area (Å²) in [7, 11) is 3.92. The first-order valence-corrected chi connectivity index (χ1v) is 7.15. The molecule has 21 heavy (non-hydrogen) atoms. The maximum absolute atomic E-state index is 12.4. The van der Waals surface area contributed by atoms with Crippen molar-refractivity contribution in [2.45, 2.75) is 13.0 Å². The lowest BCUT2D eigenvalue weighted by Gasteiger charge is -2.13. The van der Waals surface area contributed by atoms with E-state index < -0.39 is 0 Å². The molecule has 0 bridgehead atoms. The van der Waals surface area contributed by atoms with E-state index in [9.17, 15) is 9.90 Å². The second-order valence-corrected chi connectivity index (χ2v) is 5.72. The van der Waals surface area contributed by atoms with Crippen LogP contribution in [0, 0.1) is 0 Å². The van der Waals surface area contributed by atoms with E-state index in [2.05, 4.69) is 0 Å².